The van der Waals surface area contributed by atoms with Crippen molar-refractivity contribution >= 4 is 11.9 Å². The molecule has 0 fully saturated rings. The van der Waals surface area contributed by atoms with E-state index in [1.807, 2.05) is 24.3 Å². The first-order valence-electron chi connectivity index (χ1n) is 6.62. The molecule has 5 nitrogen and oxygen atoms in total. The summed E-state index contributed by atoms with van der Waals surface area (Å²) in [6.07, 6.45) is 0.621. The molecule has 0 bridgehead atoms. The summed E-state index contributed by atoms with van der Waals surface area (Å²) in [4.78, 5) is 23.1. The molecular weight excluding hydrogens is 258 g/mol. The quantitative estimate of drug-likeness (QED) is 0.873. The summed E-state index contributed by atoms with van der Waals surface area (Å²) >= 11 is 0. The minimum Gasteiger partial charge on any atom is -0.492 e. The number of hydrogen-bond acceptors (Lipinski definition) is 3. The van der Waals surface area contributed by atoms with E-state index in [1.54, 1.807) is 13.8 Å². The number of amides is 1. The zero-order valence-electron chi connectivity index (χ0n) is 11.7. The fourth-order valence-corrected chi connectivity index (χ4v) is 2.02. The van der Waals surface area contributed by atoms with Gasteiger partial charge in [0.05, 0.1) is 11.3 Å². The summed E-state index contributed by atoms with van der Waals surface area (Å²) in [5.41, 5.74) is 0.0414. The van der Waals surface area contributed by atoms with Crippen LogP contribution in [0.5, 0.6) is 5.75 Å². The van der Waals surface area contributed by atoms with Crippen LogP contribution in [0.3, 0.4) is 0 Å². The molecule has 1 aromatic rings. The van der Waals surface area contributed by atoms with Crippen molar-refractivity contribution in [1.29, 1.82) is 0 Å². The van der Waals surface area contributed by atoms with Gasteiger partial charge >= 0.3 is 5.97 Å². The minimum atomic E-state index is -0.969. The maximum absolute atomic E-state index is 12.1. The fourth-order valence-electron chi connectivity index (χ4n) is 2.02. The molecule has 0 saturated heterocycles. The summed E-state index contributed by atoms with van der Waals surface area (Å²) in [5, 5.41) is 11.7. The van der Waals surface area contributed by atoms with E-state index in [4.69, 9.17) is 9.84 Å². The third-order valence-electron chi connectivity index (χ3n) is 3.53. The summed E-state index contributed by atoms with van der Waals surface area (Å²) in [5.74, 6) is -0.534. The summed E-state index contributed by atoms with van der Waals surface area (Å²) < 4.78 is 5.56. The van der Waals surface area contributed by atoms with E-state index in [0.717, 1.165) is 11.3 Å². The lowest BCUT2D eigenvalue weighted by molar-refractivity contribution is -0.146. The van der Waals surface area contributed by atoms with Gasteiger partial charge in [-0.3, -0.25) is 9.59 Å². The number of nitrogens with one attached hydrogen (secondary N) is 1. The van der Waals surface area contributed by atoms with Gasteiger partial charge in [0.25, 0.3) is 0 Å². The number of carboxylic acid groups (broad SMARTS) is 1. The Morgan fingerprint density at radius 1 is 1.40 bits per heavy atom. The second-order valence-electron chi connectivity index (χ2n) is 5.73. The largest absolute Gasteiger partial charge is 0.492 e. The molecule has 1 atom stereocenters. The number of para-hydroxylation sites is 1. The minimum absolute atomic E-state index is 0.110. The highest BCUT2D eigenvalue weighted by molar-refractivity contribution is 5.81. The van der Waals surface area contributed by atoms with Gasteiger partial charge in [0.1, 0.15) is 12.4 Å². The van der Waals surface area contributed by atoms with Crippen LogP contribution in [0.2, 0.25) is 0 Å². The molecule has 0 aromatic heterocycles. The Labute approximate surface area is 117 Å². The average Bonchev–Trinajstić information content (AvgIpc) is 2.44. The average molecular weight is 277 g/mol. The molecule has 1 aliphatic heterocycles. The van der Waals surface area contributed by atoms with Crippen LogP contribution in [0, 0.1) is 11.3 Å². The highest BCUT2D eigenvalue weighted by Crippen LogP contribution is 2.27. The van der Waals surface area contributed by atoms with Gasteiger partial charge in [0.2, 0.25) is 5.91 Å². The molecule has 1 heterocycles. The lowest BCUT2D eigenvalue weighted by atomic mass is 9.92. The molecule has 1 aromatic carbocycles. The monoisotopic (exact) mass is 277 g/mol. The Hall–Kier alpha value is -2.04. The van der Waals surface area contributed by atoms with Crippen LogP contribution in [-0.4, -0.2) is 30.1 Å². The van der Waals surface area contributed by atoms with Gasteiger partial charge in [0, 0.05) is 6.54 Å². The van der Waals surface area contributed by atoms with Crippen molar-refractivity contribution in [2.75, 3.05) is 13.2 Å². The predicted molar refractivity (Wildman–Crippen MR) is 73.6 cm³/mol. The molecule has 1 amide bonds. The molecular formula is C15H19NO4. The Bertz CT molecular complexity index is 524. The third kappa shape index (κ3) is 3.10. The van der Waals surface area contributed by atoms with Gasteiger partial charge < -0.3 is 15.2 Å². The lowest BCUT2D eigenvalue weighted by Crippen LogP contribution is -2.43. The van der Waals surface area contributed by atoms with E-state index in [9.17, 15) is 9.59 Å². The molecule has 108 valence electrons. The first-order chi connectivity index (χ1) is 9.40. The van der Waals surface area contributed by atoms with Gasteiger partial charge in [-0.05, 0) is 31.9 Å². The van der Waals surface area contributed by atoms with E-state index >= 15 is 0 Å². The molecule has 20 heavy (non-hydrogen) atoms. The van der Waals surface area contributed by atoms with Crippen molar-refractivity contribution in [2.45, 2.75) is 20.3 Å². The van der Waals surface area contributed by atoms with Crippen LogP contribution in [0.15, 0.2) is 24.3 Å². The van der Waals surface area contributed by atoms with Crippen molar-refractivity contribution in [3.05, 3.63) is 29.8 Å². The molecule has 0 radical (unpaired) electrons. The van der Waals surface area contributed by atoms with Crippen molar-refractivity contribution in [3.8, 4) is 5.75 Å². The zero-order valence-corrected chi connectivity index (χ0v) is 11.7. The van der Waals surface area contributed by atoms with Crippen molar-refractivity contribution in [3.63, 3.8) is 0 Å². The number of carbonyl (C=O) groups is 2. The molecule has 0 saturated carbocycles. The van der Waals surface area contributed by atoms with Gasteiger partial charge in [-0.15, -0.1) is 0 Å². The Balaban J connectivity index is 1.94. The maximum Gasteiger partial charge on any atom is 0.310 e. The Kier molecular flexibility index (Phi) is 3.97. The molecule has 2 rings (SSSR count). The maximum atomic E-state index is 12.1. The second kappa shape index (κ2) is 5.53. The van der Waals surface area contributed by atoms with Gasteiger partial charge in [0.15, 0.2) is 0 Å². The van der Waals surface area contributed by atoms with Crippen molar-refractivity contribution in [1.82, 2.24) is 5.32 Å². The lowest BCUT2D eigenvalue weighted by Gasteiger charge is -2.26. The number of fused-ring (bicyclic) bond motifs is 1. The molecule has 0 aliphatic carbocycles. The van der Waals surface area contributed by atoms with E-state index in [0.29, 0.717) is 13.0 Å². The SMILES string of the molecule is CC(C)(CNC(=O)C1COc2ccccc2C1)C(=O)O. The molecule has 2 N–H and O–H groups in total. The van der Waals surface area contributed by atoms with Gasteiger partial charge in [-0.2, -0.15) is 0 Å². The number of ether oxygens (including phenoxy) is 1. The zero-order chi connectivity index (χ0) is 14.8. The first-order valence-corrected chi connectivity index (χ1v) is 6.62. The predicted octanol–water partition coefficient (Wildman–Crippen LogP) is 1.46. The number of hydrogen-bond donors (Lipinski definition) is 2. The number of carboxylic acids is 1. The smallest absolute Gasteiger partial charge is 0.310 e. The Morgan fingerprint density at radius 2 is 2.10 bits per heavy atom. The van der Waals surface area contributed by atoms with Crippen LogP contribution in [-0.2, 0) is 16.0 Å². The topological polar surface area (TPSA) is 75.6 Å². The number of rotatable bonds is 4. The molecule has 0 spiro atoms. The van der Waals surface area contributed by atoms with Crippen LogP contribution >= 0.6 is 0 Å². The summed E-state index contributed by atoms with van der Waals surface area (Å²) in [7, 11) is 0. The fraction of sp³-hybridized carbons (Fsp3) is 0.467. The third-order valence-corrected chi connectivity index (χ3v) is 3.53. The van der Waals surface area contributed by atoms with Crippen LogP contribution in [0.1, 0.15) is 19.4 Å². The van der Waals surface area contributed by atoms with Gasteiger partial charge in [-0.25, -0.2) is 0 Å². The summed E-state index contributed by atoms with van der Waals surface area (Å²) in [6.45, 7) is 3.61. The highest BCUT2D eigenvalue weighted by Gasteiger charge is 2.30. The van der Waals surface area contributed by atoms with Crippen LogP contribution in [0.25, 0.3) is 0 Å². The highest BCUT2D eigenvalue weighted by atomic mass is 16.5. The number of aliphatic carboxylic acids is 1. The molecule has 5 heteroatoms. The summed E-state index contributed by atoms with van der Waals surface area (Å²) in [6, 6.07) is 7.64. The van der Waals surface area contributed by atoms with Crippen molar-refractivity contribution < 1.29 is 19.4 Å². The van der Waals surface area contributed by atoms with E-state index in [-0.39, 0.29) is 18.4 Å². The van der Waals surface area contributed by atoms with E-state index in [2.05, 4.69) is 5.32 Å². The molecule has 1 aliphatic rings. The standard InChI is InChI=1S/C15H19NO4/c1-15(2,14(18)19)9-16-13(17)11-7-10-5-3-4-6-12(10)20-8-11/h3-6,11H,7-9H2,1-2H3,(H,16,17)(H,18,19). The van der Waals surface area contributed by atoms with E-state index < -0.39 is 11.4 Å². The Morgan fingerprint density at radius 3 is 2.80 bits per heavy atom. The van der Waals surface area contributed by atoms with Crippen LogP contribution in [0.4, 0.5) is 0 Å². The van der Waals surface area contributed by atoms with Crippen molar-refractivity contribution in [2.24, 2.45) is 11.3 Å². The molecule has 1 unspecified atom stereocenters. The van der Waals surface area contributed by atoms with E-state index in [1.165, 1.54) is 0 Å². The number of carbonyl (C=O) groups excluding carboxylic acids is 1. The van der Waals surface area contributed by atoms with Crippen LogP contribution < -0.4 is 10.1 Å². The second-order valence-corrected chi connectivity index (χ2v) is 5.73. The first kappa shape index (κ1) is 14.4. The number of benzene rings is 1. The normalized spacial score (nSPS) is 17.8. The van der Waals surface area contributed by atoms with Gasteiger partial charge in [-0.1, -0.05) is 18.2 Å².